The maximum absolute atomic E-state index is 12.2. The first-order valence-corrected chi connectivity index (χ1v) is 8.66. The predicted octanol–water partition coefficient (Wildman–Crippen LogP) is 1.83. The highest BCUT2D eigenvalue weighted by Crippen LogP contribution is 2.16. The van der Waals surface area contributed by atoms with Gasteiger partial charge in [0.2, 0.25) is 5.91 Å². The van der Waals surface area contributed by atoms with Crippen LogP contribution in [0.25, 0.3) is 0 Å². The van der Waals surface area contributed by atoms with E-state index in [1.54, 1.807) is 13.8 Å². The Bertz CT molecular complexity index is 640. The number of carboxylic acids is 1. The van der Waals surface area contributed by atoms with Gasteiger partial charge in [-0.2, -0.15) is 0 Å². The van der Waals surface area contributed by atoms with Gasteiger partial charge in [-0.05, 0) is 38.1 Å². The Labute approximate surface area is 134 Å². The summed E-state index contributed by atoms with van der Waals surface area (Å²) in [7, 11) is -3.79. The number of hydrogen-bond donors (Lipinski definition) is 1. The third-order valence-corrected chi connectivity index (χ3v) is 4.87. The van der Waals surface area contributed by atoms with Crippen molar-refractivity contribution in [3.05, 3.63) is 29.3 Å². The molecule has 0 saturated carbocycles. The van der Waals surface area contributed by atoms with E-state index in [0.717, 1.165) is 0 Å². The lowest BCUT2D eigenvalue weighted by atomic mass is 10.3. The molecule has 0 saturated heterocycles. The van der Waals surface area contributed by atoms with Gasteiger partial charge >= 0.3 is 5.97 Å². The molecule has 1 N–H and O–H groups in total. The minimum Gasteiger partial charge on any atom is -0.481 e. The topological polar surface area (TPSA) is 91.8 Å². The Morgan fingerprint density at radius 2 is 1.77 bits per heavy atom. The minimum atomic E-state index is -3.79. The first kappa shape index (κ1) is 18.4. The molecule has 1 aromatic rings. The lowest BCUT2D eigenvalue weighted by molar-refractivity contribution is -0.138. The van der Waals surface area contributed by atoms with Crippen LogP contribution in [0.1, 0.15) is 20.3 Å². The van der Waals surface area contributed by atoms with Gasteiger partial charge in [0, 0.05) is 17.6 Å². The van der Waals surface area contributed by atoms with E-state index < -0.39 is 27.5 Å². The molecule has 1 aromatic carbocycles. The van der Waals surface area contributed by atoms with Crippen molar-refractivity contribution in [1.29, 1.82) is 0 Å². The van der Waals surface area contributed by atoms with Crippen molar-refractivity contribution in [2.75, 3.05) is 12.3 Å². The molecule has 0 fully saturated rings. The van der Waals surface area contributed by atoms with Crippen molar-refractivity contribution < 1.29 is 23.1 Å². The highest BCUT2D eigenvalue weighted by Gasteiger charge is 2.25. The van der Waals surface area contributed by atoms with E-state index in [-0.39, 0.29) is 23.9 Å². The molecule has 8 heteroatoms. The lowest BCUT2D eigenvalue weighted by Crippen LogP contribution is -2.41. The third-order valence-electron chi connectivity index (χ3n) is 3.00. The summed E-state index contributed by atoms with van der Waals surface area (Å²) >= 11 is 5.70. The fraction of sp³-hybridized carbons (Fsp3) is 0.429. The molecule has 0 atom stereocenters. The number of sulfone groups is 1. The van der Waals surface area contributed by atoms with Crippen LogP contribution in [-0.2, 0) is 19.4 Å². The van der Waals surface area contributed by atoms with Crippen molar-refractivity contribution in [3.63, 3.8) is 0 Å². The van der Waals surface area contributed by atoms with Crippen LogP contribution < -0.4 is 0 Å². The van der Waals surface area contributed by atoms with Gasteiger partial charge in [-0.25, -0.2) is 8.42 Å². The number of carbonyl (C=O) groups is 2. The number of benzene rings is 1. The fourth-order valence-corrected chi connectivity index (χ4v) is 3.19. The van der Waals surface area contributed by atoms with Crippen LogP contribution in [0.5, 0.6) is 0 Å². The van der Waals surface area contributed by atoms with Crippen LogP contribution in [0.4, 0.5) is 0 Å². The zero-order valence-electron chi connectivity index (χ0n) is 12.3. The van der Waals surface area contributed by atoms with E-state index in [4.69, 9.17) is 16.7 Å². The van der Waals surface area contributed by atoms with Crippen molar-refractivity contribution in [2.24, 2.45) is 0 Å². The molecule has 6 nitrogen and oxygen atoms in total. The highest BCUT2D eigenvalue weighted by molar-refractivity contribution is 7.92. The van der Waals surface area contributed by atoms with E-state index >= 15 is 0 Å². The Balaban J connectivity index is 2.87. The first-order chi connectivity index (χ1) is 10.1. The van der Waals surface area contributed by atoms with E-state index in [0.29, 0.717) is 5.02 Å². The monoisotopic (exact) mass is 347 g/mol. The Hall–Kier alpha value is -1.60. The van der Waals surface area contributed by atoms with Gasteiger partial charge in [-0.15, -0.1) is 0 Å². The molecule has 1 rings (SSSR count). The van der Waals surface area contributed by atoms with Gasteiger partial charge in [0.05, 0.1) is 11.3 Å². The molecule has 22 heavy (non-hydrogen) atoms. The van der Waals surface area contributed by atoms with Crippen LogP contribution in [0.3, 0.4) is 0 Å². The van der Waals surface area contributed by atoms with Crippen molar-refractivity contribution in [1.82, 2.24) is 4.90 Å². The van der Waals surface area contributed by atoms with Crippen molar-refractivity contribution in [2.45, 2.75) is 31.2 Å². The summed E-state index contributed by atoms with van der Waals surface area (Å²) in [4.78, 5) is 24.1. The fourth-order valence-electron chi connectivity index (χ4n) is 1.86. The van der Waals surface area contributed by atoms with E-state index in [9.17, 15) is 18.0 Å². The molecule has 0 unspecified atom stereocenters. The Morgan fingerprint density at radius 1 is 1.23 bits per heavy atom. The second-order valence-electron chi connectivity index (χ2n) is 5.04. The summed E-state index contributed by atoms with van der Waals surface area (Å²) in [5, 5.41) is 9.09. The number of hydrogen-bond acceptors (Lipinski definition) is 4. The predicted molar refractivity (Wildman–Crippen MR) is 82.6 cm³/mol. The molecule has 0 aliphatic heterocycles. The number of aliphatic carboxylic acids is 1. The SMILES string of the molecule is CC(C)N(CCC(=O)O)C(=O)CS(=O)(=O)c1ccc(Cl)cc1. The molecular formula is C14H18ClNO5S. The van der Waals surface area contributed by atoms with Crippen molar-refractivity contribution in [3.8, 4) is 0 Å². The quantitative estimate of drug-likeness (QED) is 0.812. The zero-order chi connectivity index (χ0) is 16.9. The molecule has 0 aliphatic rings. The van der Waals surface area contributed by atoms with Gasteiger partial charge in [0.1, 0.15) is 5.75 Å². The largest absolute Gasteiger partial charge is 0.481 e. The summed E-state index contributed by atoms with van der Waals surface area (Å²) in [5.74, 6) is -2.36. The molecule has 122 valence electrons. The first-order valence-electron chi connectivity index (χ1n) is 6.63. The minimum absolute atomic E-state index is 0.00666. The molecular weight excluding hydrogens is 330 g/mol. The summed E-state index contributed by atoms with van der Waals surface area (Å²) in [6, 6.07) is 5.25. The third kappa shape index (κ3) is 5.31. The number of carboxylic acid groups (broad SMARTS) is 1. The number of amides is 1. The average molecular weight is 348 g/mol. The molecule has 0 radical (unpaired) electrons. The second kappa shape index (κ2) is 7.60. The van der Waals surface area contributed by atoms with Gasteiger partial charge in [0.15, 0.2) is 9.84 Å². The van der Waals surface area contributed by atoms with Crippen LogP contribution >= 0.6 is 11.6 Å². The smallest absolute Gasteiger partial charge is 0.305 e. The summed E-state index contributed by atoms with van der Waals surface area (Å²) < 4.78 is 24.4. The average Bonchev–Trinajstić information content (AvgIpc) is 2.37. The van der Waals surface area contributed by atoms with Gasteiger partial charge in [0.25, 0.3) is 0 Å². The highest BCUT2D eigenvalue weighted by atomic mass is 35.5. The normalized spacial score (nSPS) is 11.5. The number of rotatable bonds is 7. The summed E-state index contributed by atoms with van der Waals surface area (Å²) in [5.41, 5.74) is 0. The molecule has 0 bridgehead atoms. The summed E-state index contributed by atoms with van der Waals surface area (Å²) in [6.45, 7) is 3.38. The van der Waals surface area contributed by atoms with E-state index in [2.05, 4.69) is 0 Å². The van der Waals surface area contributed by atoms with Gasteiger partial charge in [-0.3, -0.25) is 9.59 Å². The molecule has 0 aliphatic carbocycles. The van der Waals surface area contributed by atoms with Crippen LogP contribution in [0.2, 0.25) is 5.02 Å². The number of halogens is 1. The molecule has 0 spiro atoms. The molecule has 0 aromatic heterocycles. The number of nitrogens with zero attached hydrogens (tertiary/aromatic N) is 1. The van der Waals surface area contributed by atoms with Crippen LogP contribution in [-0.4, -0.2) is 48.6 Å². The zero-order valence-corrected chi connectivity index (χ0v) is 13.9. The van der Waals surface area contributed by atoms with Crippen molar-refractivity contribution >= 4 is 33.3 Å². The van der Waals surface area contributed by atoms with Crippen LogP contribution in [0.15, 0.2) is 29.2 Å². The lowest BCUT2D eigenvalue weighted by Gasteiger charge is -2.26. The van der Waals surface area contributed by atoms with E-state index in [1.807, 2.05) is 0 Å². The number of carbonyl (C=O) groups excluding carboxylic acids is 1. The van der Waals surface area contributed by atoms with Gasteiger partial charge in [-0.1, -0.05) is 11.6 Å². The maximum atomic E-state index is 12.2. The van der Waals surface area contributed by atoms with E-state index in [1.165, 1.54) is 29.2 Å². The maximum Gasteiger partial charge on any atom is 0.305 e. The summed E-state index contributed by atoms with van der Waals surface area (Å²) in [6.07, 6.45) is -0.231. The van der Waals surface area contributed by atoms with Gasteiger partial charge < -0.3 is 10.0 Å². The second-order valence-corrected chi connectivity index (χ2v) is 7.46. The standard InChI is InChI=1S/C14H18ClNO5S/c1-10(2)16(8-7-14(18)19)13(17)9-22(20,21)12-5-3-11(15)4-6-12/h3-6,10H,7-9H2,1-2H3,(H,18,19). The Morgan fingerprint density at radius 3 is 2.23 bits per heavy atom. The van der Waals surface area contributed by atoms with Crippen LogP contribution in [0, 0.1) is 0 Å². The Kier molecular flexibility index (Phi) is 6.37. The molecule has 0 heterocycles. The molecule has 1 amide bonds.